The lowest BCUT2D eigenvalue weighted by molar-refractivity contribution is -0.117. The molecule has 1 aromatic carbocycles. The molecule has 7 heteroatoms. The van der Waals surface area contributed by atoms with Gasteiger partial charge in [0.15, 0.2) is 0 Å². The maximum Gasteiger partial charge on any atom is 0.340 e. The van der Waals surface area contributed by atoms with Crippen LogP contribution in [0.3, 0.4) is 0 Å². The molecule has 0 spiro atoms. The molecule has 0 saturated carbocycles. The van der Waals surface area contributed by atoms with Gasteiger partial charge in [0.2, 0.25) is 0 Å². The Balaban J connectivity index is 1.89. The number of ether oxygens (including phenoxy) is 1. The average molecular weight is 426 g/mol. The van der Waals surface area contributed by atoms with E-state index >= 15 is 0 Å². The number of nitrogens with one attached hydrogen (secondary N) is 2. The third-order valence-electron chi connectivity index (χ3n) is 5.36. The molecule has 2 N–H and O–H groups in total. The van der Waals surface area contributed by atoms with Crippen LogP contribution >= 0.6 is 0 Å². The first kappa shape index (κ1) is 22.5. The zero-order valence-corrected chi connectivity index (χ0v) is 17.8. The summed E-state index contributed by atoms with van der Waals surface area (Å²) in [6.07, 6.45) is 7.27. The third kappa shape index (κ3) is 5.10. The fourth-order valence-electron chi connectivity index (χ4n) is 3.85. The summed E-state index contributed by atoms with van der Waals surface area (Å²) in [5.74, 6) is -2.94. The molecule has 0 radical (unpaired) electrons. The van der Waals surface area contributed by atoms with Crippen molar-refractivity contribution < 1.29 is 23.5 Å². The number of Topliss-reactive ketones (excluding diaryl/α,β-unsaturated/α-hetero) is 1. The molecule has 0 unspecified atom stereocenters. The Kier molecular flexibility index (Phi) is 7.39. The van der Waals surface area contributed by atoms with Gasteiger partial charge in [0, 0.05) is 23.4 Å². The minimum atomic E-state index is -0.852. The van der Waals surface area contributed by atoms with E-state index < -0.39 is 23.5 Å². The van der Waals surface area contributed by atoms with Gasteiger partial charge >= 0.3 is 5.97 Å². The number of ketones is 1. The van der Waals surface area contributed by atoms with Gasteiger partial charge < -0.3 is 15.0 Å². The summed E-state index contributed by atoms with van der Waals surface area (Å²) >= 11 is 0. The number of aromatic amines is 1. The molecule has 0 saturated heterocycles. The van der Waals surface area contributed by atoms with Gasteiger partial charge in [-0.1, -0.05) is 29.8 Å². The van der Waals surface area contributed by atoms with Gasteiger partial charge in [-0.3, -0.25) is 9.59 Å². The highest BCUT2D eigenvalue weighted by Crippen LogP contribution is 2.33. The molecule has 1 aliphatic carbocycles. The monoisotopic (exact) mass is 426 g/mol. The Bertz CT molecular complexity index is 1020. The number of carbonyl (C=O) groups excluding carboxylic acids is 3. The maximum atomic E-state index is 14.6. The summed E-state index contributed by atoms with van der Waals surface area (Å²) in [7, 11) is 0. The Labute approximate surface area is 180 Å². The topological polar surface area (TPSA) is 88.3 Å². The van der Waals surface area contributed by atoms with E-state index in [4.69, 9.17) is 4.74 Å². The standard InChI is InChI=1S/C24H27FN2O4/c1-3-31-24(30)19-15(2)27-21(20(19)17-11-7-8-12-18(17)25)22(28)23(29)26-14-13-16-9-5-4-6-10-16/h7-9,11-12,27H,3-6,10,13-14H2,1-2H3,(H,26,29). The molecule has 6 nitrogen and oxygen atoms in total. The van der Waals surface area contributed by atoms with Crippen LogP contribution in [0.15, 0.2) is 35.9 Å². The van der Waals surface area contributed by atoms with Gasteiger partial charge in [-0.15, -0.1) is 0 Å². The van der Waals surface area contributed by atoms with Crippen molar-refractivity contribution in [2.75, 3.05) is 13.2 Å². The summed E-state index contributed by atoms with van der Waals surface area (Å²) in [6.45, 7) is 3.71. The van der Waals surface area contributed by atoms with Gasteiger partial charge in [0.25, 0.3) is 11.7 Å². The van der Waals surface area contributed by atoms with Gasteiger partial charge in [0.05, 0.1) is 12.2 Å². The molecule has 1 aliphatic rings. The minimum Gasteiger partial charge on any atom is -0.462 e. The molecule has 2 aromatic rings. The number of esters is 1. The largest absolute Gasteiger partial charge is 0.462 e. The summed E-state index contributed by atoms with van der Waals surface area (Å²) in [6, 6.07) is 5.81. The fourth-order valence-corrected chi connectivity index (χ4v) is 3.85. The number of hydrogen-bond donors (Lipinski definition) is 2. The second-order valence-electron chi connectivity index (χ2n) is 7.52. The Morgan fingerprint density at radius 1 is 1.19 bits per heavy atom. The predicted molar refractivity (Wildman–Crippen MR) is 115 cm³/mol. The summed E-state index contributed by atoms with van der Waals surface area (Å²) in [5.41, 5.74) is 1.64. The molecular formula is C24H27FN2O4. The first-order valence-electron chi connectivity index (χ1n) is 10.6. The van der Waals surface area contributed by atoms with Crippen molar-refractivity contribution in [2.24, 2.45) is 0 Å². The van der Waals surface area contributed by atoms with Crippen molar-refractivity contribution in [3.8, 4) is 11.1 Å². The Hall–Kier alpha value is -3.22. The van der Waals surface area contributed by atoms with E-state index in [1.807, 2.05) is 0 Å². The van der Waals surface area contributed by atoms with Crippen LogP contribution in [-0.2, 0) is 9.53 Å². The van der Waals surface area contributed by atoms with Crippen LogP contribution in [0, 0.1) is 12.7 Å². The quantitative estimate of drug-likeness (QED) is 0.282. The van der Waals surface area contributed by atoms with E-state index in [9.17, 15) is 18.8 Å². The fraction of sp³-hybridized carbons (Fsp3) is 0.375. The molecular weight excluding hydrogens is 399 g/mol. The number of rotatable bonds is 8. The zero-order chi connectivity index (χ0) is 22.4. The van der Waals surface area contributed by atoms with E-state index in [1.54, 1.807) is 19.9 Å². The SMILES string of the molecule is CCOC(=O)c1c(C)[nH]c(C(=O)C(=O)NCCC2=CCCCC2)c1-c1ccccc1F. The van der Waals surface area contributed by atoms with E-state index in [1.165, 1.54) is 30.2 Å². The first-order valence-corrected chi connectivity index (χ1v) is 10.6. The predicted octanol–water partition coefficient (Wildman–Crippen LogP) is 4.50. The van der Waals surface area contributed by atoms with Gasteiger partial charge in [0.1, 0.15) is 11.5 Å². The smallest absolute Gasteiger partial charge is 0.340 e. The highest BCUT2D eigenvalue weighted by atomic mass is 19.1. The first-order chi connectivity index (χ1) is 14.9. The van der Waals surface area contributed by atoms with E-state index in [0.29, 0.717) is 18.7 Å². The average Bonchev–Trinajstić information content (AvgIpc) is 3.11. The lowest BCUT2D eigenvalue weighted by atomic mass is 9.97. The van der Waals surface area contributed by atoms with Crippen molar-refractivity contribution in [1.29, 1.82) is 0 Å². The number of hydrogen-bond acceptors (Lipinski definition) is 4. The molecule has 31 heavy (non-hydrogen) atoms. The maximum absolute atomic E-state index is 14.6. The third-order valence-corrected chi connectivity index (χ3v) is 5.36. The van der Waals surface area contributed by atoms with Gasteiger partial charge in [-0.2, -0.15) is 0 Å². The summed E-state index contributed by atoms with van der Waals surface area (Å²) < 4.78 is 19.7. The minimum absolute atomic E-state index is 0.0455. The number of carbonyl (C=O) groups is 3. The summed E-state index contributed by atoms with van der Waals surface area (Å²) in [5, 5.41) is 2.65. The van der Waals surface area contributed by atoms with Crippen molar-refractivity contribution in [1.82, 2.24) is 10.3 Å². The molecule has 3 rings (SSSR count). The number of benzene rings is 1. The number of halogens is 1. The van der Waals surface area contributed by atoms with Crippen LogP contribution in [0.1, 0.15) is 65.6 Å². The Morgan fingerprint density at radius 2 is 1.97 bits per heavy atom. The van der Waals surface area contributed by atoms with Crippen molar-refractivity contribution in [3.05, 3.63) is 58.7 Å². The normalized spacial score (nSPS) is 13.5. The number of allylic oxidation sites excluding steroid dienone is 1. The van der Waals surface area contributed by atoms with Crippen LogP contribution in [0.2, 0.25) is 0 Å². The number of amides is 1. The van der Waals surface area contributed by atoms with E-state index in [0.717, 1.165) is 19.3 Å². The lowest BCUT2D eigenvalue weighted by Gasteiger charge is -2.13. The number of H-pyrrole nitrogens is 1. The van der Waals surface area contributed by atoms with Crippen LogP contribution < -0.4 is 5.32 Å². The van der Waals surface area contributed by atoms with Gasteiger partial charge in [-0.25, -0.2) is 9.18 Å². The number of aromatic nitrogens is 1. The second-order valence-corrected chi connectivity index (χ2v) is 7.52. The van der Waals surface area contributed by atoms with Gasteiger partial charge in [-0.05, 0) is 52.0 Å². The number of aryl methyl sites for hydroxylation is 1. The zero-order valence-electron chi connectivity index (χ0n) is 17.8. The molecule has 1 aromatic heterocycles. The highest BCUT2D eigenvalue weighted by molar-refractivity contribution is 6.43. The molecule has 1 amide bonds. The van der Waals surface area contributed by atoms with Crippen molar-refractivity contribution in [2.45, 2.75) is 46.0 Å². The van der Waals surface area contributed by atoms with Crippen LogP contribution in [0.4, 0.5) is 4.39 Å². The van der Waals surface area contributed by atoms with Crippen molar-refractivity contribution >= 4 is 17.7 Å². The summed E-state index contributed by atoms with van der Waals surface area (Å²) in [4.78, 5) is 40.9. The van der Waals surface area contributed by atoms with E-state index in [2.05, 4.69) is 16.4 Å². The van der Waals surface area contributed by atoms with Crippen LogP contribution in [0.25, 0.3) is 11.1 Å². The lowest BCUT2D eigenvalue weighted by Crippen LogP contribution is -2.32. The molecule has 0 fully saturated rings. The molecule has 0 bridgehead atoms. The second kappa shape index (κ2) is 10.2. The Morgan fingerprint density at radius 3 is 2.65 bits per heavy atom. The highest BCUT2D eigenvalue weighted by Gasteiger charge is 2.30. The molecule has 0 aliphatic heterocycles. The van der Waals surface area contributed by atoms with Crippen molar-refractivity contribution in [3.63, 3.8) is 0 Å². The molecule has 0 atom stereocenters. The van der Waals surface area contributed by atoms with Crippen LogP contribution in [0.5, 0.6) is 0 Å². The van der Waals surface area contributed by atoms with E-state index in [-0.39, 0.29) is 29.0 Å². The molecule has 1 heterocycles. The molecule has 164 valence electrons. The van der Waals surface area contributed by atoms with Crippen LogP contribution in [-0.4, -0.2) is 35.8 Å².